The van der Waals surface area contributed by atoms with E-state index in [1.165, 1.54) is 25.5 Å². The zero-order chi connectivity index (χ0) is 17.0. The zero-order valence-corrected chi connectivity index (χ0v) is 11.7. The number of alkyl halides is 3. The van der Waals surface area contributed by atoms with E-state index in [1.807, 2.05) is 0 Å². The number of oxime groups is 1. The molecule has 0 saturated heterocycles. The number of aryl methyl sites for hydroxylation is 1. The van der Waals surface area contributed by atoms with Crippen molar-refractivity contribution in [2.24, 2.45) is 10.9 Å². The van der Waals surface area contributed by atoms with Gasteiger partial charge in [-0.25, -0.2) is 14.8 Å². The highest BCUT2D eigenvalue weighted by atomic mass is 19.4. The highest BCUT2D eigenvalue weighted by Gasteiger charge is 2.33. The molecule has 2 rings (SSSR count). The van der Waals surface area contributed by atoms with Gasteiger partial charge >= 0.3 is 12.1 Å². The fourth-order valence-electron chi connectivity index (χ4n) is 1.55. The molecule has 2 N–H and O–H groups in total. The lowest BCUT2D eigenvalue weighted by Crippen LogP contribution is -2.17. The molecule has 7 nitrogen and oxygen atoms in total. The van der Waals surface area contributed by atoms with E-state index in [1.54, 1.807) is 0 Å². The smallest absolute Gasteiger partial charge is 0.379 e. The minimum absolute atomic E-state index is 0.141. The standard InChI is InChI=1S/C13H10F3N5O2/c1-7-8(2-3-10(20-7)13(14,15)16)12(22)23-21-11(17)9-6-18-4-5-19-9/h2-6H,1H3,(H2,17,21). The number of nitrogens with zero attached hydrogens (tertiary/aromatic N) is 4. The van der Waals surface area contributed by atoms with Crippen LogP contribution in [0.2, 0.25) is 0 Å². The van der Waals surface area contributed by atoms with Gasteiger partial charge in [-0.2, -0.15) is 13.2 Å². The molecule has 2 heterocycles. The molecule has 2 aromatic rings. The maximum absolute atomic E-state index is 12.5. The molecule has 2 aromatic heterocycles. The number of aromatic nitrogens is 3. The summed E-state index contributed by atoms with van der Waals surface area (Å²) < 4.78 is 37.5. The van der Waals surface area contributed by atoms with Gasteiger partial charge in [0.15, 0.2) is 5.84 Å². The molecule has 0 atom stereocenters. The third-order valence-corrected chi connectivity index (χ3v) is 2.65. The van der Waals surface area contributed by atoms with E-state index >= 15 is 0 Å². The van der Waals surface area contributed by atoms with Crippen LogP contribution < -0.4 is 5.73 Å². The van der Waals surface area contributed by atoms with Crippen LogP contribution >= 0.6 is 0 Å². The number of carbonyl (C=O) groups is 1. The number of halogens is 3. The van der Waals surface area contributed by atoms with Crippen molar-refractivity contribution >= 4 is 11.8 Å². The number of carbonyl (C=O) groups excluding carboxylic acids is 1. The predicted octanol–water partition coefficient (Wildman–Crippen LogP) is 1.68. The Hall–Kier alpha value is -3.04. The number of rotatable bonds is 3. The van der Waals surface area contributed by atoms with Crippen LogP contribution in [0, 0.1) is 6.92 Å². The molecular weight excluding hydrogens is 315 g/mol. The van der Waals surface area contributed by atoms with Gasteiger partial charge in [-0.1, -0.05) is 5.16 Å². The lowest BCUT2D eigenvalue weighted by molar-refractivity contribution is -0.141. The molecule has 0 unspecified atom stereocenters. The van der Waals surface area contributed by atoms with Crippen LogP contribution in [0.25, 0.3) is 0 Å². The van der Waals surface area contributed by atoms with Crippen LogP contribution in [0.15, 0.2) is 35.9 Å². The highest BCUT2D eigenvalue weighted by Crippen LogP contribution is 2.28. The van der Waals surface area contributed by atoms with Gasteiger partial charge in [-0.3, -0.25) is 4.98 Å². The van der Waals surface area contributed by atoms with E-state index in [4.69, 9.17) is 5.73 Å². The molecule has 0 aliphatic heterocycles. The van der Waals surface area contributed by atoms with E-state index in [-0.39, 0.29) is 22.8 Å². The van der Waals surface area contributed by atoms with E-state index in [0.717, 1.165) is 6.07 Å². The molecule has 0 radical (unpaired) electrons. The first-order valence-corrected chi connectivity index (χ1v) is 6.15. The van der Waals surface area contributed by atoms with Crippen LogP contribution in [0.1, 0.15) is 27.4 Å². The van der Waals surface area contributed by atoms with Crippen LogP contribution in [0.4, 0.5) is 13.2 Å². The molecular formula is C13H10F3N5O2. The average molecular weight is 325 g/mol. The minimum atomic E-state index is -4.60. The minimum Gasteiger partial charge on any atom is -0.379 e. The summed E-state index contributed by atoms with van der Waals surface area (Å²) in [5.74, 6) is -1.19. The summed E-state index contributed by atoms with van der Waals surface area (Å²) >= 11 is 0. The second-order valence-corrected chi connectivity index (χ2v) is 4.27. The third kappa shape index (κ3) is 3.99. The van der Waals surface area contributed by atoms with Crippen LogP contribution in [0.5, 0.6) is 0 Å². The number of amidine groups is 1. The summed E-state index contributed by atoms with van der Waals surface area (Å²) in [5.41, 5.74) is 4.33. The van der Waals surface area contributed by atoms with Crippen LogP contribution in [-0.2, 0) is 11.0 Å². The van der Waals surface area contributed by atoms with Crippen molar-refractivity contribution in [1.29, 1.82) is 0 Å². The van der Waals surface area contributed by atoms with Gasteiger partial charge in [0.2, 0.25) is 0 Å². The van der Waals surface area contributed by atoms with Crippen LogP contribution in [0.3, 0.4) is 0 Å². The van der Waals surface area contributed by atoms with E-state index in [0.29, 0.717) is 6.07 Å². The average Bonchev–Trinajstić information content (AvgIpc) is 2.52. The molecule has 0 aromatic carbocycles. The quantitative estimate of drug-likeness (QED) is 0.398. The molecule has 0 fully saturated rings. The Morgan fingerprint density at radius 1 is 1.30 bits per heavy atom. The molecule has 120 valence electrons. The third-order valence-electron chi connectivity index (χ3n) is 2.65. The van der Waals surface area contributed by atoms with Gasteiger partial charge in [-0.05, 0) is 19.1 Å². The molecule has 0 aliphatic carbocycles. The summed E-state index contributed by atoms with van der Waals surface area (Å²) in [6, 6.07) is 1.64. The SMILES string of the molecule is Cc1nc(C(F)(F)F)ccc1C(=O)O/N=C(\N)c1cnccn1. The summed E-state index contributed by atoms with van der Waals surface area (Å²) in [4.78, 5) is 27.3. The molecule has 10 heteroatoms. The number of hydrogen-bond acceptors (Lipinski definition) is 6. The van der Waals surface area contributed by atoms with Crippen molar-refractivity contribution in [2.75, 3.05) is 0 Å². The largest absolute Gasteiger partial charge is 0.433 e. The predicted molar refractivity (Wildman–Crippen MR) is 72.1 cm³/mol. The van der Waals surface area contributed by atoms with Gasteiger partial charge in [0.1, 0.15) is 11.4 Å². The van der Waals surface area contributed by atoms with E-state index < -0.39 is 17.8 Å². The van der Waals surface area contributed by atoms with Crippen molar-refractivity contribution in [3.63, 3.8) is 0 Å². The molecule has 0 bridgehead atoms. The Balaban J connectivity index is 2.15. The summed E-state index contributed by atoms with van der Waals surface area (Å²) in [6.45, 7) is 1.25. The topological polar surface area (TPSA) is 103 Å². The lowest BCUT2D eigenvalue weighted by atomic mass is 10.2. The molecule has 0 spiro atoms. The first-order valence-electron chi connectivity index (χ1n) is 6.15. The highest BCUT2D eigenvalue weighted by molar-refractivity contribution is 5.96. The van der Waals surface area contributed by atoms with Crippen molar-refractivity contribution in [3.8, 4) is 0 Å². The monoisotopic (exact) mass is 325 g/mol. The zero-order valence-electron chi connectivity index (χ0n) is 11.7. The van der Waals surface area contributed by atoms with Crippen molar-refractivity contribution in [1.82, 2.24) is 15.0 Å². The van der Waals surface area contributed by atoms with Gasteiger partial charge < -0.3 is 10.6 Å². The first kappa shape index (κ1) is 16.3. The Labute approximate surface area is 128 Å². The fraction of sp³-hybridized carbons (Fsp3) is 0.154. The summed E-state index contributed by atoms with van der Waals surface area (Å²) in [5, 5.41) is 3.38. The summed E-state index contributed by atoms with van der Waals surface area (Å²) in [6.07, 6.45) is -0.511. The van der Waals surface area contributed by atoms with Gasteiger partial charge in [-0.15, -0.1) is 0 Å². The normalized spacial score (nSPS) is 12.1. The van der Waals surface area contributed by atoms with Crippen molar-refractivity contribution in [2.45, 2.75) is 13.1 Å². The fourth-order valence-corrected chi connectivity index (χ4v) is 1.55. The van der Waals surface area contributed by atoms with E-state index in [2.05, 4.69) is 24.9 Å². The van der Waals surface area contributed by atoms with Crippen LogP contribution in [-0.4, -0.2) is 26.8 Å². The molecule has 0 amide bonds. The van der Waals surface area contributed by atoms with Crippen molar-refractivity contribution < 1.29 is 22.8 Å². The number of pyridine rings is 1. The lowest BCUT2D eigenvalue weighted by Gasteiger charge is -2.08. The Bertz CT molecular complexity index is 747. The maximum Gasteiger partial charge on any atom is 0.433 e. The molecule has 0 saturated carbocycles. The number of nitrogens with two attached hydrogens (primary N) is 1. The van der Waals surface area contributed by atoms with Gasteiger partial charge in [0.05, 0.1) is 17.5 Å². The number of hydrogen-bond donors (Lipinski definition) is 1. The Morgan fingerprint density at radius 3 is 2.61 bits per heavy atom. The molecule has 0 aliphatic rings. The Kier molecular flexibility index (Phi) is 4.53. The maximum atomic E-state index is 12.5. The van der Waals surface area contributed by atoms with E-state index in [9.17, 15) is 18.0 Å². The first-order chi connectivity index (χ1) is 10.8. The van der Waals surface area contributed by atoms with Gasteiger partial charge in [0.25, 0.3) is 0 Å². The summed E-state index contributed by atoms with van der Waals surface area (Å²) in [7, 11) is 0. The van der Waals surface area contributed by atoms with Crippen molar-refractivity contribution in [3.05, 3.63) is 53.4 Å². The molecule has 23 heavy (non-hydrogen) atoms. The Morgan fingerprint density at radius 2 is 2.04 bits per heavy atom. The second kappa shape index (κ2) is 6.38. The second-order valence-electron chi connectivity index (χ2n) is 4.27. The van der Waals surface area contributed by atoms with Gasteiger partial charge in [0, 0.05) is 12.4 Å².